The highest BCUT2D eigenvalue weighted by atomic mass is 32.2. The van der Waals surface area contributed by atoms with Gasteiger partial charge in [-0.25, -0.2) is 8.42 Å². The largest absolute Gasteiger partial charge is 0.454 e. The molecule has 2 aromatic rings. The maximum Gasteiger partial charge on any atom is 0.244 e. The van der Waals surface area contributed by atoms with E-state index in [1.807, 2.05) is 38.1 Å². The number of sulfonamides is 1. The first-order valence-electron chi connectivity index (χ1n) is 11.1. The lowest BCUT2D eigenvalue weighted by molar-refractivity contribution is -0.139. The number of fused-ring (bicyclic) bond motifs is 1. The summed E-state index contributed by atoms with van der Waals surface area (Å²) >= 11 is 0. The third-order valence-electron chi connectivity index (χ3n) is 5.51. The molecule has 1 aliphatic heterocycles. The Kier molecular flexibility index (Phi) is 8.03. The average molecular weight is 490 g/mol. The van der Waals surface area contributed by atoms with Crippen LogP contribution in [0.4, 0.5) is 5.69 Å². The molecule has 3 rings (SSSR count). The normalized spacial score (nSPS) is 13.3. The molecule has 1 atom stereocenters. The van der Waals surface area contributed by atoms with E-state index in [1.54, 1.807) is 19.1 Å². The number of aryl methyl sites for hydroxylation is 1. The summed E-state index contributed by atoms with van der Waals surface area (Å²) in [5.41, 5.74) is 2.18. The van der Waals surface area contributed by atoms with Crippen molar-refractivity contribution in [2.24, 2.45) is 0 Å². The predicted octanol–water partition coefficient (Wildman–Crippen LogP) is 2.43. The molecule has 1 aliphatic rings. The van der Waals surface area contributed by atoms with Gasteiger partial charge in [0.15, 0.2) is 11.5 Å². The van der Waals surface area contributed by atoms with Gasteiger partial charge in [-0.2, -0.15) is 0 Å². The summed E-state index contributed by atoms with van der Waals surface area (Å²) in [4.78, 5) is 27.6. The molecule has 2 aromatic carbocycles. The molecule has 2 amide bonds. The van der Waals surface area contributed by atoms with Crippen LogP contribution in [0.1, 0.15) is 31.4 Å². The minimum absolute atomic E-state index is 0.0469. The molecule has 9 nitrogen and oxygen atoms in total. The molecule has 0 saturated heterocycles. The molecule has 1 N–H and O–H groups in total. The summed E-state index contributed by atoms with van der Waals surface area (Å²) in [6.45, 7) is 5.78. The molecule has 0 fully saturated rings. The molecule has 0 saturated carbocycles. The smallest absolute Gasteiger partial charge is 0.244 e. The van der Waals surface area contributed by atoms with Crippen molar-refractivity contribution < 1.29 is 27.5 Å². The summed E-state index contributed by atoms with van der Waals surface area (Å²) in [5, 5.41) is 2.81. The van der Waals surface area contributed by atoms with E-state index in [4.69, 9.17) is 9.47 Å². The molecule has 0 unspecified atom stereocenters. The van der Waals surface area contributed by atoms with Crippen LogP contribution in [0.5, 0.6) is 11.5 Å². The minimum atomic E-state index is -3.81. The number of rotatable bonds is 10. The molecule has 0 aliphatic carbocycles. The van der Waals surface area contributed by atoms with Crippen molar-refractivity contribution in [3.63, 3.8) is 0 Å². The molecule has 34 heavy (non-hydrogen) atoms. The van der Waals surface area contributed by atoms with E-state index >= 15 is 0 Å². The maximum atomic E-state index is 13.5. The number of benzene rings is 2. The van der Waals surface area contributed by atoms with Crippen LogP contribution >= 0.6 is 0 Å². The molecule has 1 heterocycles. The van der Waals surface area contributed by atoms with Crippen LogP contribution in [0.25, 0.3) is 0 Å². The minimum Gasteiger partial charge on any atom is -0.454 e. The second-order valence-corrected chi connectivity index (χ2v) is 10.2. The topological polar surface area (TPSA) is 105 Å². The van der Waals surface area contributed by atoms with Crippen LogP contribution in [-0.2, 0) is 26.2 Å². The number of anilines is 1. The van der Waals surface area contributed by atoms with Crippen molar-refractivity contribution in [3.8, 4) is 11.5 Å². The van der Waals surface area contributed by atoms with Crippen LogP contribution in [0.2, 0.25) is 0 Å². The fraction of sp³-hybridized carbons (Fsp3) is 0.417. The third-order valence-corrected chi connectivity index (χ3v) is 6.65. The average Bonchev–Trinajstić information content (AvgIpc) is 3.27. The highest BCUT2D eigenvalue weighted by Gasteiger charge is 2.30. The Hall–Kier alpha value is -3.27. The molecule has 0 bridgehead atoms. The standard InChI is InChI=1S/C24H31N3O6S/c1-5-12-25-24(29)18(3)26(14-19-8-6-17(2)7-9-19)23(28)15-27(34(4,30)31)20-10-11-21-22(13-20)33-16-32-21/h6-11,13,18H,5,12,14-16H2,1-4H3,(H,25,29)/t18-/m1/s1. The molecular weight excluding hydrogens is 458 g/mol. The summed E-state index contributed by atoms with van der Waals surface area (Å²) in [7, 11) is -3.81. The van der Waals surface area contributed by atoms with E-state index in [0.29, 0.717) is 18.0 Å². The first-order valence-corrected chi connectivity index (χ1v) is 12.9. The van der Waals surface area contributed by atoms with Gasteiger partial charge in [0.05, 0.1) is 11.9 Å². The van der Waals surface area contributed by atoms with Crippen LogP contribution in [0.3, 0.4) is 0 Å². The van der Waals surface area contributed by atoms with Gasteiger partial charge < -0.3 is 19.7 Å². The first-order chi connectivity index (χ1) is 16.1. The molecule has 0 radical (unpaired) electrons. The number of nitrogens with one attached hydrogen (secondary N) is 1. The predicted molar refractivity (Wildman–Crippen MR) is 129 cm³/mol. The van der Waals surface area contributed by atoms with E-state index in [1.165, 1.54) is 11.0 Å². The number of hydrogen-bond donors (Lipinski definition) is 1. The Morgan fingerprint density at radius 3 is 2.41 bits per heavy atom. The lowest BCUT2D eigenvalue weighted by atomic mass is 10.1. The quantitative estimate of drug-likeness (QED) is 0.550. The Bertz CT molecular complexity index is 1130. The van der Waals surface area contributed by atoms with Gasteiger partial charge in [-0.15, -0.1) is 0 Å². The van der Waals surface area contributed by atoms with Crippen LogP contribution in [0.15, 0.2) is 42.5 Å². The van der Waals surface area contributed by atoms with Crippen molar-refractivity contribution in [1.29, 1.82) is 0 Å². The van der Waals surface area contributed by atoms with Gasteiger partial charge in [0.2, 0.25) is 28.6 Å². The number of amides is 2. The van der Waals surface area contributed by atoms with E-state index in [2.05, 4.69) is 5.32 Å². The summed E-state index contributed by atoms with van der Waals surface area (Å²) in [5.74, 6) is 0.118. The zero-order valence-corrected chi connectivity index (χ0v) is 20.7. The number of nitrogens with zero attached hydrogens (tertiary/aromatic N) is 2. The van der Waals surface area contributed by atoms with E-state index in [0.717, 1.165) is 28.1 Å². The van der Waals surface area contributed by atoms with Crippen molar-refractivity contribution in [2.45, 2.75) is 39.8 Å². The van der Waals surface area contributed by atoms with Gasteiger partial charge in [0, 0.05) is 19.2 Å². The fourth-order valence-electron chi connectivity index (χ4n) is 3.52. The second-order valence-electron chi connectivity index (χ2n) is 8.28. The maximum absolute atomic E-state index is 13.5. The Morgan fingerprint density at radius 2 is 1.76 bits per heavy atom. The number of carbonyl (C=O) groups excluding carboxylic acids is 2. The lowest BCUT2D eigenvalue weighted by Crippen LogP contribution is -2.51. The third kappa shape index (κ3) is 6.19. The highest BCUT2D eigenvalue weighted by Crippen LogP contribution is 2.36. The number of carbonyl (C=O) groups is 2. The number of ether oxygens (including phenoxy) is 2. The Labute approximate surface area is 200 Å². The molecule has 0 aromatic heterocycles. The zero-order chi connectivity index (χ0) is 24.9. The zero-order valence-electron chi connectivity index (χ0n) is 19.9. The van der Waals surface area contributed by atoms with Crippen molar-refractivity contribution in [2.75, 3.05) is 30.4 Å². The van der Waals surface area contributed by atoms with Crippen molar-refractivity contribution >= 4 is 27.5 Å². The molecule has 10 heteroatoms. The molecule has 184 valence electrons. The van der Waals surface area contributed by atoms with Crippen molar-refractivity contribution in [1.82, 2.24) is 10.2 Å². The van der Waals surface area contributed by atoms with E-state index < -0.39 is 28.5 Å². The van der Waals surface area contributed by atoms with Crippen LogP contribution in [0, 0.1) is 6.92 Å². The van der Waals surface area contributed by atoms with Gasteiger partial charge >= 0.3 is 0 Å². The number of hydrogen-bond acceptors (Lipinski definition) is 6. The highest BCUT2D eigenvalue weighted by molar-refractivity contribution is 7.92. The summed E-state index contributed by atoms with van der Waals surface area (Å²) < 4.78 is 36.9. The van der Waals surface area contributed by atoms with Gasteiger partial charge in [-0.05, 0) is 38.0 Å². The summed E-state index contributed by atoms with van der Waals surface area (Å²) in [6.07, 6.45) is 1.79. The molecule has 0 spiro atoms. The van der Waals surface area contributed by atoms with E-state index in [9.17, 15) is 18.0 Å². The SMILES string of the molecule is CCCNC(=O)[C@@H](C)N(Cc1ccc(C)cc1)C(=O)CN(c1ccc2c(c1)OCO2)S(C)(=O)=O. The summed E-state index contributed by atoms with van der Waals surface area (Å²) in [6, 6.07) is 11.5. The second kappa shape index (κ2) is 10.8. The fourth-order valence-corrected chi connectivity index (χ4v) is 4.36. The monoisotopic (exact) mass is 489 g/mol. The van der Waals surface area contributed by atoms with Gasteiger partial charge in [-0.1, -0.05) is 36.8 Å². The van der Waals surface area contributed by atoms with Gasteiger partial charge in [-0.3, -0.25) is 13.9 Å². The van der Waals surface area contributed by atoms with Gasteiger partial charge in [0.25, 0.3) is 0 Å². The van der Waals surface area contributed by atoms with Gasteiger partial charge in [0.1, 0.15) is 12.6 Å². The van der Waals surface area contributed by atoms with E-state index in [-0.39, 0.29) is 24.9 Å². The van der Waals surface area contributed by atoms with Crippen molar-refractivity contribution in [3.05, 3.63) is 53.6 Å². The lowest BCUT2D eigenvalue weighted by Gasteiger charge is -2.31. The Balaban J connectivity index is 1.89. The molecular formula is C24H31N3O6S. The first kappa shape index (κ1) is 25.4. The van der Waals surface area contributed by atoms with Crippen LogP contribution < -0.4 is 19.1 Å². The van der Waals surface area contributed by atoms with Crippen LogP contribution in [-0.4, -0.2) is 57.3 Å². The Morgan fingerprint density at radius 1 is 1.09 bits per heavy atom.